The average Bonchev–Trinajstić information content (AvgIpc) is 3.08. The van der Waals surface area contributed by atoms with Crippen molar-refractivity contribution in [2.75, 3.05) is 49.1 Å². The maximum absolute atomic E-state index is 12.1. The lowest BCUT2D eigenvalue weighted by Crippen LogP contribution is -2.50. The summed E-state index contributed by atoms with van der Waals surface area (Å²) in [5.74, 6) is 1.07. The van der Waals surface area contributed by atoms with Crippen LogP contribution in [-0.2, 0) is 4.74 Å². The van der Waals surface area contributed by atoms with E-state index in [4.69, 9.17) is 4.74 Å². The molecule has 0 N–H and O–H groups in total. The zero-order valence-electron chi connectivity index (χ0n) is 15.0. The fourth-order valence-electron chi connectivity index (χ4n) is 3.17. The number of carbonyl (C=O) groups excluding carboxylic acids is 1. The monoisotopic (exact) mass is 332 g/mol. The molecule has 0 spiro atoms. The van der Waals surface area contributed by atoms with E-state index in [2.05, 4.69) is 26.9 Å². The minimum Gasteiger partial charge on any atom is -0.444 e. The van der Waals surface area contributed by atoms with Gasteiger partial charge < -0.3 is 19.4 Å². The summed E-state index contributed by atoms with van der Waals surface area (Å²) in [6, 6.07) is 4.25. The third kappa shape index (κ3) is 4.10. The van der Waals surface area contributed by atoms with Crippen LogP contribution < -0.4 is 9.80 Å². The van der Waals surface area contributed by atoms with Gasteiger partial charge in [0.15, 0.2) is 0 Å². The van der Waals surface area contributed by atoms with Crippen LogP contribution >= 0.6 is 0 Å². The van der Waals surface area contributed by atoms with Crippen molar-refractivity contribution in [1.82, 2.24) is 9.88 Å². The van der Waals surface area contributed by atoms with Crippen LogP contribution in [0.3, 0.4) is 0 Å². The fourth-order valence-corrected chi connectivity index (χ4v) is 3.17. The van der Waals surface area contributed by atoms with E-state index >= 15 is 0 Å². The van der Waals surface area contributed by atoms with Crippen LogP contribution in [0.2, 0.25) is 0 Å². The minimum atomic E-state index is -0.441. The summed E-state index contributed by atoms with van der Waals surface area (Å²) < 4.78 is 5.44. The van der Waals surface area contributed by atoms with Gasteiger partial charge in [-0.3, -0.25) is 0 Å². The van der Waals surface area contributed by atoms with Crippen LogP contribution in [0.15, 0.2) is 18.3 Å². The first kappa shape index (κ1) is 16.9. The Bertz CT molecular complexity index is 553. The van der Waals surface area contributed by atoms with Crippen LogP contribution in [0.5, 0.6) is 0 Å². The van der Waals surface area contributed by atoms with Crippen LogP contribution in [0, 0.1) is 0 Å². The predicted octanol–water partition coefficient (Wildman–Crippen LogP) is 2.74. The van der Waals surface area contributed by atoms with E-state index in [1.807, 2.05) is 27.0 Å². The van der Waals surface area contributed by atoms with Crippen LogP contribution in [0.1, 0.15) is 33.6 Å². The molecule has 132 valence electrons. The average molecular weight is 332 g/mol. The van der Waals surface area contributed by atoms with Crippen molar-refractivity contribution in [2.45, 2.75) is 39.2 Å². The molecule has 24 heavy (non-hydrogen) atoms. The van der Waals surface area contributed by atoms with Crippen molar-refractivity contribution >= 4 is 17.6 Å². The maximum Gasteiger partial charge on any atom is 0.410 e. The first-order chi connectivity index (χ1) is 11.4. The van der Waals surface area contributed by atoms with Gasteiger partial charge in [0.05, 0.1) is 11.9 Å². The minimum absolute atomic E-state index is 0.218. The number of amides is 1. The SMILES string of the molecule is CC(C)(C)OC(=O)N1CCN(c2ccc(N3CCCC3)nc2)CC1. The lowest BCUT2D eigenvalue weighted by Gasteiger charge is -2.36. The number of piperazine rings is 1. The molecule has 0 radical (unpaired) electrons. The lowest BCUT2D eigenvalue weighted by atomic mass is 10.2. The van der Waals surface area contributed by atoms with E-state index in [-0.39, 0.29) is 6.09 Å². The van der Waals surface area contributed by atoms with Gasteiger partial charge >= 0.3 is 6.09 Å². The highest BCUT2D eigenvalue weighted by molar-refractivity contribution is 5.68. The molecule has 2 aliphatic heterocycles. The molecule has 1 aromatic heterocycles. The molecule has 0 aromatic carbocycles. The molecule has 3 rings (SSSR count). The van der Waals surface area contributed by atoms with Crippen LogP contribution in [0.25, 0.3) is 0 Å². The summed E-state index contributed by atoms with van der Waals surface area (Å²) in [6.45, 7) is 10.9. The fraction of sp³-hybridized carbons (Fsp3) is 0.667. The number of anilines is 2. The molecule has 0 aliphatic carbocycles. The molecule has 6 heteroatoms. The molecule has 6 nitrogen and oxygen atoms in total. The molecule has 2 saturated heterocycles. The molecule has 3 heterocycles. The number of carbonyl (C=O) groups is 1. The quantitative estimate of drug-likeness (QED) is 0.833. The topological polar surface area (TPSA) is 48.9 Å². The molecule has 0 saturated carbocycles. The smallest absolute Gasteiger partial charge is 0.410 e. The van der Waals surface area contributed by atoms with E-state index in [0.717, 1.165) is 37.7 Å². The summed E-state index contributed by atoms with van der Waals surface area (Å²) in [6.07, 6.45) is 4.26. The Labute approximate surface area is 144 Å². The summed E-state index contributed by atoms with van der Waals surface area (Å²) in [5, 5.41) is 0. The van der Waals surface area contributed by atoms with E-state index in [1.165, 1.54) is 12.8 Å². The Morgan fingerprint density at radius 2 is 1.67 bits per heavy atom. The Morgan fingerprint density at radius 3 is 2.21 bits per heavy atom. The molecule has 1 amide bonds. The summed E-state index contributed by atoms with van der Waals surface area (Å²) in [7, 11) is 0. The van der Waals surface area contributed by atoms with Crippen molar-refractivity contribution in [3.63, 3.8) is 0 Å². The Kier molecular flexibility index (Phi) is 4.83. The Balaban J connectivity index is 1.53. The number of ether oxygens (including phenoxy) is 1. The molecule has 1 aromatic rings. The maximum atomic E-state index is 12.1. The van der Waals surface area contributed by atoms with Gasteiger partial charge in [-0.25, -0.2) is 9.78 Å². The molecule has 2 aliphatic rings. The van der Waals surface area contributed by atoms with Crippen molar-refractivity contribution in [2.24, 2.45) is 0 Å². The van der Waals surface area contributed by atoms with Gasteiger partial charge in [0.1, 0.15) is 11.4 Å². The Morgan fingerprint density at radius 1 is 1.00 bits per heavy atom. The Hall–Kier alpha value is -1.98. The molecular formula is C18H28N4O2. The van der Waals surface area contributed by atoms with Gasteiger partial charge in [0.25, 0.3) is 0 Å². The van der Waals surface area contributed by atoms with Gasteiger partial charge in [-0.2, -0.15) is 0 Å². The second-order valence-electron chi connectivity index (χ2n) is 7.52. The van der Waals surface area contributed by atoms with Gasteiger partial charge in [-0.1, -0.05) is 0 Å². The van der Waals surface area contributed by atoms with Gasteiger partial charge in [-0.15, -0.1) is 0 Å². The third-order valence-corrected chi connectivity index (χ3v) is 4.46. The number of hydrogen-bond donors (Lipinski definition) is 0. The highest BCUT2D eigenvalue weighted by atomic mass is 16.6. The molecule has 2 fully saturated rings. The predicted molar refractivity (Wildman–Crippen MR) is 95.7 cm³/mol. The zero-order chi connectivity index (χ0) is 17.2. The molecular weight excluding hydrogens is 304 g/mol. The summed E-state index contributed by atoms with van der Waals surface area (Å²) >= 11 is 0. The van der Waals surface area contributed by atoms with Crippen molar-refractivity contribution in [3.05, 3.63) is 18.3 Å². The molecule has 0 atom stereocenters. The zero-order valence-corrected chi connectivity index (χ0v) is 15.0. The normalized spacial score (nSPS) is 18.9. The van der Waals surface area contributed by atoms with Crippen molar-refractivity contribution < 1.29 is 9.53 Å². The standard InChI is InChI=1S/C18H28N4O2/c1-18(2,3)24-17(23)22-12-10-20(11-13-22)15-6-7-16(19-14-15)21-8-4-5-9-21/h6-7,14H,4-5,8-13H2,1-3H3. The van der Waals surface area contributed by atoms with E-state index in [1.54, 1.807) is 4.90 Å². The van der Waals surface area contributed by atoms with Crippen molar-refractivity contribution in [1.29, 1.82) is 0 Å². The van der Waals surface area contributed by atoms with Gasteiger partial charge in [0.2, 0.25) is 0 Å². The van der Waals surface area contributed by atoms with Crippen molar-refractivity contribution in [3.8, 4) is 0 Å². The number of hydrogen-bond acceptors (Lipinski definition) is 5. The lowest BCUT2D eigenvalue weighted by molar-refractivity contribution is 0.0240. The number of aromatic nitrogens is 1. The van der Waals surface area contributed by atoms with Crippen LogP contribution in [0.4, 0.5) is 16.3 Å². The van der Waals surface area contributed by atoms with Crippen LogP contribution in [-0.4, -0.2) is 60.8 Å². The second-order valence-corrected chi connectivity index (χ2v) is 7.52. The molecule has 0 bridgehead atoms. The molecule has 0 unspecified atom stereocenters. The third-order valence-electron chi connectivity index (χ3n) is 4.46. The van der Waals surface area contributed by atoms with E-state index in [0.29, 0.717) is 13.1 Å². The highest BCUT2D eigenvalue weighted by Gasteiger charge is 2.26. The van der Waals surface area contributed by atoms with E-state index in [9.17, 15) is 4.79 Å². The van der Waals surface area contributed by atoms with E-state index < -0.39 is 5.60 Å². The van der Waals surface area contributed by atoms with Gasteiger partial charge in [-0.05, 0) is 45.7 Å². The summed E-state index contributed by atoms with van der Waals surface area (Å²) in [4.78, 5) is 23.1. The van der Waals surface area contributed by atoms with Gasteiger partial charge in [0, 0.05) is 39.3 Å². The number of rotatable bonds is 2. The first-order valence-corrected chi connectivity index (χ1v) is 8.86. The second kappa shape index (κ2) is 6.87. The largest absolute Gasteiger partial charge is 0.444 e. The first-order valence-electron chi connectivity index (χ1n) is 8.86. The highest BCUT2D eigenvalue weighted by Crippen LogP contribution is 2.22. The summed E-state index contributed by atoms with van der Waals surface area (Å²) in [5.41, 5.74) is 0.686. The number of pyridine rings is 1. The number of nitrogens with zero attached hydrogens (tertiary/aromatic N) is 4.